The first-order valence-corrected chi connectivity index (χ1v) is 6.64. The third-order valence-corrected chi connectivity index (χ3v) is 3.87. The van der Waals surface area contributed by atoms with Gasteiger partial charge < -0.3 is 4.90 Å². The number of carbonyl (C=O) groups excluding carboxylic acids is 1. The molecule has 1 aliphatic heterocycles. The molecule has 0 aliphatic carbocycles. The molecular formula is C14H16F2N2O3. The highest BCUT2D eigenvalue weighted by molar-refractivity contribution is 5.98. The van der Waals surface area contributed by atoms with E-state index >= 15 is 0 Å². The lowest BCUT2D eigenvalue weighted by Crippen LogP contribution is -2.41. The number of amides is 1. The molecule has 1 fully saturated rings. The van der Waals surface area contributed by atoms with Gasteiger partial charge in [-0.1, -0.05) is 13.8 Å². The van der Waals surface area contributed by atoms with E-state index in [2.05, 4.69) is 13.8 Å². The zero-order valence-corrected chi connectivity index (χ0v) is 11.9. The molecule has 0 bridgehead atoms. The molecule has 7 heteroatoms. The maximum absolute atomic E-state index is 13.3. The van der Waals surface area contributed by atoms with Crippen LogP contribution in [0.5, 0.6) is 0 Å². The average Bonchev–Trinajstić information content (AvgIpc) is 2.40. The van der Waals surface area contributed by atoms with Crippen molar-refractivity contribution >= 4 is 11.6 Å². The highest BCUT2D eigenvalue weighted by Crippen LogP contribution is 2.31. The molecule has 1 heterocycles. The molecule has 114 valence electrons. The SMILES string of the molecule is CC1(C)CCN(C(=O)c2cc(F)c(F)cc2[N+](=O)[O-])CC1. The molecule has 1 saturated heterocycles. The van der Waals surface area contributed by atoms with Crippen molar-refractivity contribution in [3.63, 3.8) is 0 Å². The first kappa shape index (κ1) is 15.3. The zero-order valence-electron chi connectivity index (χ0n) is 11.9. The van der Waals surface area contributed by atoms with E-state index < -0.39 is 33.7 Å². The lowest BCUT2D eigenvalue weighted by atomic mass is 9.82. The molecule has 0 unspecified atom stereocenters. The number of nitrogens with zero attached hydrogens (tertiary/aromatic N) is 2. The summed E-state index contributed by atoms with van der Waals surface area (Å²) in [6.07, 6.45) is 1.52. The van der Waals surface area contributed by atoms with Crippen molar-refractivity contribution in [2.45, 2.75) is 26.7 Å². The summed E-state index contributed by atoms with van der Waals surface area (Å²) in [6.45, 7) is 5.05. The molecule has 0 aromatic heterocycles. The van der Waals surface area contributed by atoms with Crippen molar-refractivity contribution in [3.05, 3.63) is 39.4 Å². The Labute approximate surface area is 120 Å². The summed E-state index contributed by atoms with van der Waals surface area (Å²) in [5.74, 6) is -3.23. The van der Waals surface area contributed by atoms with E-state index in [4.69, 9.17) is 0 Å². The molecule has 1 aromatic rings. The average molecular weight is 298 g/mol. The third-order valence-electron chi connectivity index (χ3n) is 3.87. The minimum absolute atomic E-state index is 0.108. The van der Waals surface area contributed by atoms with E-state index in [-0.39, 0.29) is 5.41 Å². The number of nitro benzene ring substituents is 1. The van der Waals surface area contributed by atoms with Crippen LogP contribution >= 0.6 is 0 Å². The van der Waals surface area contributed by atoms with Crippen LogP contribution in [-0.4, -0.2) is 28.8 Å². The molecule has 1 aliphatic rings. The lowest BCUT2D eigenvalue weighted by Gasteiger charge is -2.36. The van der Waals surface area contributed by atoms with Crippen molar-refractivity contribution < 1.29 is 18.5 Å². The molecule has 21 heavy (non-hydrogen) atoms. The summed E-state index contributed by atoms with van der Waals surface area (Å²) in [6, 6.07) is 1.06. The Morgan fingerprint density at radius 1 is 1.24 bits per heavy atom. The fourth-order valence-electron chi connectivity index (χ4n) is 2.34. The monoisotopic (exact) mass is 298 g/mol. The molecule has 1 aromatic carbocycles. The quantitative estimate of drug-likeness (QED) is 0.622. The Hall–Kier alpha value is -2.05. The Balaban J connectivity index is 2.31. The summed E-state index contributed by atoms with van der Waals surface area (Å²) < 4.78 is 26.4. The van der Waals surface area contributed by atoms with Crippen LogP contribution in [-0.2, 0) is 0 Å². The first-order chi connectivity index (χ1) is 9.71. The second kappa shape index (κ2) is 5.38. The van der Waals surface area contributed by atoms with Gasteiger partial charge in [-0.25, -0.2) is 8.78 Å². The van der Waals surface area contributed by atoms with Gasteiger partial charge in [0.25, 0.3) is 11.6 Å². The maximum Gasteiger partial charge on any atom is 0.285 e. The topological polar surface area (TPSA) is 63.5 Å². The number of carbonyl (C=O) groups is 1. The van der Waals surface area contributed by atoms with Crippen molar-refractivity contribution in [2.24, 2.45) is 5.41 Å². The van der Waals surface area contributed by atoms with Crippen LogP contribution in [0.25, 0.3) is 0 Å². The van der Waals surface area contributed by atoms with E-state index in [9.17, 15) is 23.7 Å². The van der Waals surface area contributed by atoms with Gasteiger partial charge in [0.15, 0.2) is 11.6 Å². The first-order valence-electron chi connectivity index (χ1n) is 6.64. The minimum Gasteiger partial charge on any atom is -0.338 e. The van der Waals surface area contributed by atoms with E-state index in [1.54, 1.807) is 0 Å². The van der Waals surface area contributed by atoms with Crippen LogP contribution in [0.1, 0.15) is 37.0 Å². The number of nitro groups is 1. The molecule has 0 spiro atoms. The molecule has 0 saturated carbocycles. The minimum atomic E-state index is -1.34. The Morgan fingerprint density at radius 3 is 2.29 bits per heavy atom. The van der Waals surface area contributed by atoms with Crippen molar-refractivity contribution in [1.82, 2.24) is 4.90 Å². The number of rotatable bonds is 2. The van der Waals surface area contributed by atoms with Crippen LogP contribution in [0.4, 0.5) is 14.5 Å². The maximum atomic E-state index is 13.3. The third kappa shape index (κ3) is 3.17. The predicted octanol–water partition coefficient (Wildman–Crippen LogP) is 3.14. The number of likely N-dealkylation sites (tertiary alicyclic amines) is 1. The van der Waals surface area contributed by atoms with Crippen LogP contribution in [0.2, 0.25) is 0 Å². The summed E-state index contributed by atoms with van der Waals surface area (Å²) in [7, 11) is 0. The van der Waals surface area contributed by atoms with Crippen LogP contribution < -0.4 is 0 Å². The number of benzene rings is 1. The number of piperidine rings is 1. The molecule has 5 nitrogen and oxygen atoms in total. The van der Waals surface area contributed by atoms with Gasteiger partial charge in [-0.05, 0) is 24.3 Å². The molecule has 2 rings (SSSR count). The van der Waals surface area contributed by atoms with E-state index in [0.717, 1.165) is 12.8 Å². The van der Waals surface area contributed by atoms with E-state index in [0.29, 0.717) is 25.2 Å². The summed E-state index contributed by atoms with van der Waals surface area (Å²) in [5, 5.41) is 10.9. The lowest BCUT2D eigenvalue weighted by molar-refractivity contribution is -0.385. The molecule has 1 amide bonds. The van der Waals surface area contributed by atoms with Gasteiger partial charge in [-0.15, -0.1) is 0 Å². The van der Waals surface area contributed by atoms with Gasteiger partial charge in [0.2, 0.25) is 0 Å². The fraction of sp³-hybridized carbons (Fsp3) is 0.500. The van der Waals surface area contributed by atoms with Crippen molar-refractivity contribution in [2.75, 3.05) is 13.1 Å². The smallest absolute Gasteiger partial charge is 0.285 e. The Bertz CT molecular complexity index is 592. The molecular weight excluding hydrogens is 282 g/mol. The highest BCUT2D eigenvalue weighted by atomic mass is 19.2. The van der Waals surface area contributed by atoms with Gasteiger partial charge in [0, 0.05) is 13.1 Å². The normalized spacial score (nSPS) is 17.6. The van der Waals surface area contributed by atoms with Crippen molar-refractivity contribution in [1.29, 1.82) is 0 Å². The van der Waals surface area contributed by atoms with Crippen LogP contribution in [0.3, 0.4) is 0 Å². The molecule has 0 atom stereocenters. The number of hydrogen-bond donors (Lipinski definition) is 0. The zero-order chi connectivity index (χ0) is 15.8. The van der Waals surface area contributed by atoms with Crippen LogP contribution in [0, 0.1) is 27.2 Å². The summed E-state index contributed by atoms with van der Waals surface area (Å²) in [5.41, 5.74) is -1.00. The second-order valence-corrected chi connectivity index (χ2v) is 6.00. The molecule has 0 N–H and O–H groups in total. The van der Waals surface area contributed by atoms with Crippen LogP contribution in [0.15, 0.2) is 12.1 Å². The summed E-state index contributed by atoms with van der Waals surface area (Å²) >= 11 is 0. The van der Waals surface area contributed by atoms with Crippen molar-refractivity contribution in [3.8, 4) is 0 Å². The second-order valence-electron chi connectivity index (χ2n) is 6.00. The van der Waals surface area contributed by atoms with Gasteiger partial charge in [0.05, 0.1) is 11.0 Å². The van der Waals surface area contributed by atoms with Gasteiger partial charge in [0.1, 0.15) is 5.56 Å². The predicted molar refractivity (Wildman–Crippen MR) is 71.9 cm³/mol. The highest BCUT2D eigenvalue weighted by Gasteiger charge is 2.32. The number of hydrogen-bond acceptors (Lipinski definition) is 3. The van der Waals surface area contributed by atoms with Gasteiger partial charge in [-0.2, -0.15) is 0 Å². The fourth-order valence-corrected chi connectivity index (χ4v) is 2.34. The number of halogens is 2. The molecule has 0 radical (unpaired) electrons. The standard InChI is InChI=1S/C14H16F2N2O3/c1-14(2)3-5-17(6-4-14)13(19)9-7-10(15)11(16)8-12(9)18(20)21/h7-8H,3-6H2,1-2H3. The largest absolute Gasteiger partial charge is 0.338 e. The Morgan fingerprint density at radius 2 is 1.76 bits per heavy atom. The van der Waals surface area contributed by atoms with E-state index in [1.165, 1.54) is 4.90 Å². The Kier molecular flexibility index (Phi) is 3.93. The summed E-state index contributed by atoms with van der Waals surface area (Å²) in [4.78, 5) is 23.8. The van der Waals surface area contributed by atoms with Gasteiger partial charge >= 0.3 is 0 Å². The van der Waals surface area contributed by atoms with Gasteiger partial charge in [-0.3, -0.25) is 14.9 Å². The van der Waals surface area contributed by atoms with E-state index in [1.807, 2.05) is 0 Å².